The number of Topliss-reactive ketones (excluding diaryl/α,β-unsaturated/α-hetero) is 1. The van der Waals surface area contributed by atoms with Crippen LogP contribution in [0.25, 0.3) is 0 Å². The van der Waals surface area contributed by atoms with Crippen molar-refractivity contribution in [2.24, 2.45) is 0 Å². The summed E-state index contributed by atoms with van der Waals surface area (Å²) in [6.07, 6.45) is 2.40. The highest BCUT2D eigenvalue weighted by atomic mass is 16.1. The Morgan fingerprint density at radius 2 is 2.29 bits per heavy atom. The van der Waals surface area contributed by atoms with Crippen molar-refractivity contribution in [3.8, 4) is 0 Å². The molecule has 0 saturated heterocycles. The van der Waals surface area contributed by atoms with Gasteiger partial charge in [-0.3, -0.25) is 4.79 Å². The third-order valence-corrected chi connectivity index (χ3v) is 2.34. The molecule has 0 atom stereocenters. The number of ketones is 1. The van der Waals surface area contributed by atoms with Crippen molar-refractivity contribution in [3.63, 3.8) is 0 Å². The summed E-state index contributed by atoms with van der Waals surface area (Å²) in [4.78, 5) is 11.6. The van der Waals surface area contributed by atoms with Gasteiger partial charge in [-0.25, -0.2) is 0 Å². The van der Waals surface area contributed by atoms with Gasteiger partial charge in [0, 0.05) is 17.3 Å². The number of nitrogen functional groups attached to an aromatic ring is 1. The molecular formula is C11H14N2O. The lowest BCUT2D eigenvalue weighted by Gasteiger charge is -2.02. The van der Waals surface area contributed by atoms with Crippen LogP contribution in [0.5, 0.6) is 0 Å². The van der Waals surface area contributed by atoms with E-state index in [0.717, 1.165) is 0 Å². The number of carbonyl (C=O) groups excluding carboxylic acids is 1. The molecule has 3 heteroatoms. The number of nitrogens with one attached hydrogen (secondary N) is 1. The number of anilines is 1. The van der Waals surface area contributed by atoms with Gasteiger partial charge < -0.3 is 11.1 Å². The Kier molecular flexibility index (Phi) is 2.50. The van der Waals surface area contributed by atoms with Crippen molar-refractivity contribution in [3.05, 3.63) is 29.8 Å². The van der Waals surface area contributed by atoms with Gasteiger partial charge in [0.25, 0.3) is 0 Å². The fraction of sp³-hybridized carbons (Fsp3) is 0.364. The van der Waals surface area contributed by atoms with Crippen molar-refractivity contribution >= 4 is 11.5 Å². The zero-order valence-electron chi connectivity index (χ0n) is 7.99. The summed E-state index contributed by atoms with van der Waals surface area (Å²) in [7, 11) is 0. The maximum absolute atomic E-state index is 11.6. The first-order chi connectivity index (χ1) is 6.75. The van der Waals surface area contributed by atoms with E-state index in [9.17, 15) is 4.79 Å². The van der Waals surface area contributed by atoms with Crippen LogP contribution >= 0.6 is 0 Å². The molecule has 1 aromatic rings. The maximum atomic E-state index is 11.6. The second kappa shape index (κ2) is 3.80. The van der Waals surface area contributed by atoms with Crippen LogP contribution in [0.1, 0.15) is 23.2 Å². The lowest BCUT2D eigenvalue weighted by Crippen LogP contribution is -2.24. The maximum Gasteiger partial charge on any atom is 0.176 e. The van der Waals surface area contributed by atoms with Crippen LogP contribution < -0.4 is 11.1 Å². The Labute approximate surface area is 83.3 Å². The lowest BCUT2D eigenvalue weighted by molar-refractivity contribution is 0.0990. The molecule has 0 unspecified atom stereocenters. The Morgan fingerprint density at radius 3 is 2.93 bits per heavy atom. The van der Waals surface area contributed by atoms with Gasteiger partial charge in [-0.15, -0.1) is 0 Å². The topological polar surface area (TPSA) is 55.1 Å². The first-order valence-electron chi connectivity index (χ1n) is 4.88. The predicted octanol–water partition coefficient (Wildman–Crippen LogP) is 1.20. The van der Waals surface area contributed by atoms with Crippen molar-refractivity contribution in [1.29, 1.82) is 0 Å². The van der Waals surface area contributed by atoms with Gasteiger partial charge in [-0.05, 0) is 25.0 Å². The summed E-state index contributed by atoms with van der Waals surface area (Å²) in [5, 5.41) is 3.18. The molecule has 3 N–H and O–H groups in total. The highest BCUT2D eigenvalue weighted by molar-refractivity contribution is 5.98. The largest absolute Gasteiger partial charge is 0.399 e. The van der Waals surface area contributed by atoms with Crippen LogP contribution in [0.15, 0.2) is 24.3 Å². The standard InChI is InChI=1S/C11H14N2O/c12-9-3-1-2-8(6-9)11(14)7-13-10-4-5-10/h1-3,6,10,13H,4-5,7,12H2. The van der Waals surface area contributed by atoms with Crippen molar-refractivity contribution in [2.75, 3.05) is 12.3 Å². The molecule has 1 aliphatic rings. The fourth-order valence-electron chi connectivity index (χ4n) is 1.34. The Balaban J connectivity index is 1.95. The van der Waals surface area contributed by atoms with Gasteiger partial charge in [-0.1, -0.05) is 12.1 Å². The highest BCUT2D eigenvalue weighted by Crippen LogP contribution is 2.18. The molecular weight excluding hydrogens is 176 g/mol. The number of carbonyl (C=O) groups is 1. The first kappa shape index (κ1) is 9.21. The average molecular weight is 190 g/mol. The molecule has 0 spiro atoms. The van der Waals surface area contributed by atoms with E-state index in [0.29, 0.717) is 23.8 Å². The van der Waals surface area contributed by atoms with Crippen LogP contribution in [0.3, 0.4) is 0 Å². The van der Waals surface area contributed by atoms with Crippen LogP contribution in [-0.4, -0.2) is 18.4 Å². The van der Waals surface area contributed by atoms with Gasteiger partial charge in [0.1, 0.15) is 0 Å². The number of nitrogens with two attached hydrogens (primary N) is 1. The second-order valence-corrected chi connectivity index (χ2v) is 3.70. The molecule has 0 radical (unpaired) electrons. The monoisotopic (exact) mass is 190 g/mol. The molecule has 0 aliphatic heterocycles. The van der Waals surface area contributed by atoms with Gasteiger partial charge >= 0.3 is 0 Å². The van der Waals surface area contributed by atoms with E-state index >= 15 is 0 Å². The molecule has 3 nitrogen and oxygen atoms in total. The molecule has 0 amide bonds. The number of hydrogen-bond donors (Lipinski definition) is 2. The highest BCUT2D eigenvalue weighted by Gasteiger charge is 2.21. The SMILES string of the molecule is Nc1cccc(C(=O)CNC2CC2)c1. The minimum atomic E-state index is 0.115. The summed E-state index contributed by atoms with van der Waals surface area (Å²) < 4.78 is 0. The van der Waals surface area contributed by atoms with E-state index < -0.39 is 0 Å². The van der Waals surface area contributed by atoms with Crippen LogP contribution in [0.2, 0.25) is 0 Å². The average Bonchev–Trinajstić information content (AvgIpc) is 2.97. The molecule has 0 bridgehead atoms. The summed E-state index contributed by atoms with van der Waals surface area (Å²) in [6, 6.07) is 7.68. The minimum absolute atomic E-state index is 0.115. The molecule has 1 fully saturated rings. The van der Waals surface area contributed by atoms with E-state index in [1.165, 1.54) is 12.8 Å². The molecule has 0 heterocycles. The summed E-state index contributed by atoms with van der Waals surface area (Å²) in [6.45, 7) is 0.425. The normalized spacial score (nSPS) is 15.4. The molecule has 2 rings (SSSR count). The van der Waals surface area contributed by atoms with Gasteiger partial charge in [-0.2, -0.15) is 0 Å². The van der Waals surface area contributed by atoms with E-state index in [1.807, 2.05) is 0 Å². The zero-order valence-corrected chi connectivity index (χ0v) is 7.99. The molecule has 14 heavy (non-hydrogen) atoms. The van der Waals surface area contributed by atoms with Crippen molar-refractivity contribution < 1.29 is 4.79 Å². The lowest BCUT2D eigenvalue weighted by atomic mass is 10.1. The third kappa shape index (κ3) is 2.33. The summed E-state index contributed by atoms with van der Waals surface area (Å²) in [5.41, 5.74) is 6.93. The third-order valence-electron chi connectivity index (χ3n) is 2.34. The van der Waals surface area contributed by atoms with Crippen LogP contribution in [0, 0.1) is 0 Å². The Hall–Kier alpha value is -1.35. The van der Waals surface area contributed by atoms with Crippen LogP contribution in [-0.2, 0) is 0 Å². The predicted molar refractivity (Wildman–Crippen MR) is 56.2 cm³/mol. The fourth-order valence-corrected chi connectivity index (χ4v) is 1.34. The molecule has 1 aromatic carbocycles. The van der Waals surface area contributed by atoms with E-state index in [1.54, 1.807) is 24.3 Å². The minimum Gasteiger partial charge on any atom is -0.399 e. The number of rotatable bonds is 4. The summed E-state index contributed by atoms with van der Waals surface area (Å²) >= 11 is 0. The van der Waals surface area contributed by atoms with E-state index in [4.69, 9.17) is 5.73 Å². The Morgan fingerprint density at radius 1 is 1.50 bits per heavy atom. The zero-order chi connectivity index (χ0) is 9.97. The van der Waals surface area contributed by atoms with Gasteiger partial charge in [0.05, 0.1) is 6.54 Å². The number of hydrogen-bond acceptors (Lipinski definition) is 3. The smallest absolute Gasteiger partial charge is 0.176 e. The van der Waals surface area contributed by atoms with Crippen molar-refractivity contribution in [2.45, 2.75) is 18.9 Å². The molecule has 74 valence electrons. The molecule has 1 aliphatic carbocycles. The molecule has 0 aromatic heterocycles. The van der Waals surface area contributed by atoms with E-state index in [2.05, 4.69) is 5.32 Å². The second-order valence-electron chi connectivity index (χ2n) is 3.70. The van der Waals surface area contributed by atoms with Gasteiger partial charge in [0.2, 0.25) is 0 Å². The summed E-state index contributed by atoms with van der Waals surface area (Å²) in [5.74, 6) is 0.115. The van der Waals surface area contributed by atoms with Crippen molar-refractivity contribution in [1.82, 2.24) is 5.32 Å². The van der Waals surface area contributed by atoms with Gasteiger partial charge in [0.15, 0.2) is 5.78 Å². The van der Waals surface area contributed by atoms with Crippen LogP contribution in [0.4, 0.5) is 5.69 Å². The number of benzene rings is 1. The Bertz CT molecular complexity index is 345. The molecule has 1 saturated carbocycles. The van der Waals surface area contributed by atoms with E-state index in [-0.39, 0.29) is 5.78 Å². The first-order valence-corrected chi connectivity index (χ1v) is 4.88. The quantitative estimate of drug-likeness (QED) is 0.554.